The van der Waals surface area contributed by atoms with Crippen molar-refractivity contribution in [2.24, 2.45) is 0 Å². The lowest BCUT2D eigenvalue weighted by atomic mass is 10.0. The van der Waals surface area contributed by atoms with Crippen molar-refractivity contribution in [2.75, 3.05) is 0 Å². The maximum Gasteiger partial charge on any atom is 0.264 e. The number of aromatic nitrogens is 1. The highest BCUT2D eigenvalue weighted by atomic mass is 127. The number of pyridine rings is 1. The molecule has 15 heavy (non-hydrogen) atoms. The smallest absolute Gasteiger partial charge is 0.250 e. The number of nitriles is 1. The van der Waals surface area contributed by atoms with Crippen LogP contribution in [0.25, 0.3) is 0 Å². The van der Waals surface area contributed by atoms with E-state index in [1.54, 1.807) is 0 Å². The van der Waals surface area contributed by atoms with E-state index in [4.69, 9.17) is 16.9 Å². The molecule has 0 aliphatic carbocycles. The van der Waals surface area contributed by atoms with Crippen molar-refractivity contribution in [3.8, 4) is 6.07 Å². The molecule has 80 valence electrons. The summed E-state index contributed by atoms with van der Waals surface area (Å²) in [5.74, 6) is -0.0258. The van der Waals surface area contributed by atoms with Gasteiger partial charge in [-0.05, 0) is 28.2 Å². The molecule has 0 aliphatic heterocycles. The summed E-state index contributed by atoms with van der Waals surface area (Å²) in [4.78, 5) is 3.93. The first-order valence-electron chi connectivity index (χ1n) is 3.99. The number of nitrogens with zero attached hydrogens (tertiary/aromatic N) is 2. The summed E-state index contributed by atoms with van der Waals surface area (Å²) >= 11 is 7.38. The molecule has 6 heteroatoms. The molecular formula is C9H6ClF2IN2. The molecule has 0 saturated carbocycles. The average molecular weight is 343 g/mol. The van der Waals surface area contributed by atoms with Gasteiger partial charge in [-0.1, -0.05) is 0 Å². The Balaban J connectivity index is 3.38. The first-order chi connectivity index (χ1) is 7.11. The topological polar surface area (TPSA) is 36.7 Å². The zero-order valence-corrected chi connectivity index (χ0v) is 10.4. The van der Waals surface area contributed by atoms with E-state index in [1.165, 1.54) is 6.20 Å². The average Bonchev–Trinajstić information content (AvgIpc) is 2.20. The second-order valence-corrected chi connectivity index (χ2v) is 4.02. The molecule has 0 spiro atoms. The Morgan fingerprint density at radius 3 is 2.73 bits per heavy atom. The summed E-state index contributed by atoms with van der Waals surface area (Å²) in [7, 11) is 0. The fraction of sp³-hybridized carbons (Fsp3) is 0.333. The zero-order valence-electron chi connectivity index (χ0n) is 7.48. The van der Waals surface area contributed by atoms with Crippen LogP contribution in [-0.2, 0) is 12.3 Å². The van der Waals surface area contributed by atoms with Gasteiger partial charge < -0.3 is 0 Å². The van der Waals surface area contributed by atoms with Gasteiger partial charge in [-0.3, -0.25) is 0 Å². The minimum absolute atomic E-state index is 0.0258. The third-order valence-electron chi connectivity index (χ3n) is 1.87. The zero-order chi connectivity index (χ0) is 11.4. The lowest BCUT2D eigenvalue weighted by Gasteiger charge is -2.11. The van der Waals surface area contributed by atoms with E-state index in [-0.39, 0.29) is 29.0 Å². The van der Waals surface area contributed by atoms with Crippen LogP contribution in [0.15, 0.2) is 6.20 Å². The first kappa shape index (κ1) is 12.6. The molecule has 0 unspecified atom stereocenters. The van der Waals surface area contributed by atoms with E-state index < -0.39 is 6.43 Å². The molecule has 0 fully saturated rings. The molecule has 1 heterocycles. The number of alkyl halides is 3. The number of halogens is 4. The van der Waals surface area contributed by atoms with Crippen molar-refractivity contribution in [3.63, 3.8) is 0 Å². The highest BCUT2D eigenvalue weighted by molar-refractivity contribution is 14.1. The monoisotopic (exact) mass is 342 g/mol. The molecule has 0 radical (unpaired) electrons. The van der Waals surface area contributed by atoms with Crippen LogP contribution in [0.4, 0.5) is 8.78 Å². The van der Waals surface area contributed by atoms with Crippen molar-refractivity contribution in [3.05, 3.63) is 26.6 Å². The van der Waals surface area contributed by atoms with Crippen LogP contribution in [0.1, 0.15) is 23.1 Å². The second-order valence-electron chi connectivity index (χ2n) is 2.74. The molecule has 1 aromatic rings. The fourth-order valence-electron chi connectivity index (χ4n) is 1.21. The van der Waals surface area contributed by atoms with Crippen LogP contribution in [-0.4, -0.2) is 4.98 Å². The van der Waals surface area contributed by atoms with Crippen LogP contribution >= 0.6 is 34.2 Å². The van der Waals surface area contributed by atoms with E-state index in [0.717, 1.165) is 0 Å². The van der Waals surface area contributed by atoms with E-state index in [9.17, 15) is 8.78 Å². The molecule has 0 aromatic carbocycles. The Bertz CT molecular complexity index is 404. The summed E-state index contributed by atoms with van der Waals surface area (Å²) in [6, 6.07) is 1.85. The lowest BCUT2D eigenvalue weighted by Crippen LogP contribution is -2.04. The Morgan fingerprint density at radius 2 is 2.27 bits per heavy atom. The van der Waals surface area contributed by atoms with Gasteiger partial charge in [-0.2, -0.15) is 5.26 Å². The van der Waals surface area contributed by atoms with Crippen LogP contribution in [0, 0.1) is 15.0 Å². The Labute approximate surface area is 104 Å². The van der Waals surface area contributed by atoms with E-state index >= 15 is 0 Å². The normalized spacial score (nSPS) is 10.4. The van der Waals surface area contributed by atoms with Gasteiger partial charge in [0.05, 0.1) is 12.5 Å². The number of rotatable bonds is 3. The number of hydrogen-bond acceptors (Lipinski definition) is 2. The van der Waals surface area contributed by atoms with Gasteiger partial charge in [-0.15, -0.1) is 11.6 Å². The largest absolute Gasteiger partial charge is 0.264 e. The first-order valence-corrected chi connectivity index (χ1v) is 5.60. The Hall–Kier alpha value is -0.480. The summed E-state index contributed by atoms with van der Waals surface area (Å²) < 4.78 is 26.0. The standard InChI is InChI=1S/C9H6ClF2IN2/c10-3-5-4-15-9(13)6(1-2-14)7(5)8(11)12/h4,8H,1,3H2. The van der Waals surface area contributed by atoms with Crippen molar-refractivity contribution in [2.45, 2.75) is 18.7 Å². The maximum absolute atomic E-state index is 12.8. The third-order valence-corrected chi connectivity index (χ3v) is 3.09. The van der Waals surface area contributed by atoms with Crippen LogP contribution in [0.2, 0.25) is 0 Å². The van der Waals surface area contributed by atoms with Crippen LogP contribution in [0.3, 0.4) is 0 Å². The van der Waals surface area contributed by atoms with Crippen molar-refractivity contribution in [1.82, 2.24) is 4.98 Å². The van der Waals surface area contributed by atoms with Gasteiger partial charge in [0.1, 0.15) is 3.70 Å². The van der Waals surface area contributed by atoms with E-state index in [2.05, 4.69) is 4.98 Å². The summed E-state index contributed by atoms with van der Waals surface area (Å²) in [5, 5.41) is 8.55. The molecule has 0 amide bonds. The van der Waals surface area contributed by atoms with Crippen molar-refractivity contribution >= 4 is 34.2 Å². The van der Waals surface area contributed by atoms with Gasteiger partial charge in [0, 0.05) is 23.2 Å². The van der Waals surface area contributed by atoms with Gasteiger partial charge in [0.25, 0.3) is 6.43 Å². The molecule has 0 N–H and O–H groups in total. The third kappa shape index (κ3) is 2.75. The van der Waals surface area contributed by atoms with Gasteiger partial charge >= 0.3 is 0 Å². The SMILES string of the molecule is N#CCc1c(I)ncc(CCl)c1C(F)F. The predicted molar refractivity (Wildman–Crippen MR) is 60.8 cm³/mol. The molecule has 2 nitrogen and oxygen atoms in total. The fourth-order valence-corrected chi connectivity index (χ4v) is 2.05. The molecule has 1 aromatic heterocycles. The highest BCUT2D eigenvalue weighted by Gasteiger charge is 2.20. The van der Waals surface area contributed by atoms with E-state index in [1.807, 2.05) is 28.7 Å². The Kier molecular flexibility index (Phi) is 4.67. The summed E-state index contributed by atoms with van der Waals surface area (Å²) in [6.45, 7) is 0. The van der Waals surface area contributed by atoms with Crippen molar-refractivity contribution in [1.29, 1.82) is 5.26 Å². The molecule has 0 bridgehead atoms. The molecule has 0 saturated heterocycles. The maximum atomic E-state index is 12.8. The van der Waals surface area contributed by atoms with E-state index in [0.29, 0.717) is 3.70 Å². The quantitative estimate of drug-likeness (QED) is 0.479. The van der Waals surface area contributed by atoms with Gasteiger partial charge in [0.2, 0.25) is 0 Å². The second kappa shape index (κ2) is 5.56. The molecular weight excluding hydrogens is 336 g/mol. The predicted octanol–water partition coefficient (Wildman–Crippen LogP) is 3.43. The van der Waals surface area contributed by atoms with Crippen LogP contribution < -0.4 is 0 Å². The molecule has 1 rings (SSSR count). The minimum atomic E-state index is -2.63. The van der Waals surface area contributed by atoms with Gasteiger partial charge in [-0.25, -0.2) is 13.8 Å². The Morgan fingerprint density at radius 1 is 1.60 bits per heavy atom. The summed E-state index contributed by atoms with van der Waals surface area (Å²) in [5.41, 5.74) is 0.425. The van der Waals surface area contributed by atoms with Crippen LogP contribution in [0.5, 0.6) is 0 Å². The highest BCUT2D eigenvalue weighted by Crippen LogP contribution is 2.30. The summed E-state index contributed by atoms with van der Waals surface area (Å²) in [6.07, 6.45) is -1.37. The molecule has 0 aliphatic rings. The minimum Gasteiger partial charge on any atom is -0.250 e. The van der Waals surface area contributed by atoms with Gasteiger partial charge in [0.15, 0.2) is 0 Å². The number of hydrogen-bond donors (Lipinski definition) is 0. The van der Waals surface area contributed by atoms with Crippen molar-refractivity contribution < 1.29 is 8.78 Å². The molecule has 0 atom stereocenters. The lowest BCUT2D eigenvalue weighted by molar-refractivity contribution is 0.149.